The van der Waals surface area contributed by atoms with Gasteiger partial charge in [0.1, 0.15) is 24.2 Å². The van der Waals surface area contributed by atoms with Gasteiger partial charge in [-0.05, 0) is 47.4 Å². The van der Waals surface area contributed by atoms with Crippen LogP contribution in [0.2, 0.25) is 0 Å². The van der Waals surface area contributed by atoms with E-state index in [4.69, 9.17) is 16.2 Å². The zero-order chi connectivity index (χ0) is 42.8. The van der Waals surface area contributed by atoms with E-state index in [1.807, 2.05) is 93.6 Å². The summed E-state index contributed by atoms with van der Waals surface area (Å²) in [4.78, 5) is 71.0. The minimum absolute atomic E-state index is 0.00324. The molecule has 58 heavy (non-hydrogen) atoms. The lowest BCUT2D eigenvalue weighted by molar-refractivity contribution is -0.159. The number of nitrogens with two attached hydrogens (primary N) is 2. The highest BCUT2D eigenvalue weighted by atomic mass is 16.5. The molecule has 3 aromatic carbocycles. The zero-order valence-electron chi connectivity index (χ0n) is 34.9. The summed E-state index contributed by atoms with van der Waals surface area (Å²) in [6.45, 7) is 9.97. The van der Waals surface area contributed by atoms with Gasteiger partial charge in [-0.25, -0.2) is 4.79 Å². The predicted molar refractivity (Wildman–Crippen MR) is 226 cm³/mol. The Morgan fingerprint density at radius 1 is 0.810 bits per heavy atom. The Morgan fingerprint density at radius 3 is 2.02 bits per heavy atom. The zero-order valence-corrected chi connectivity index (χ0v) is 34.9. The second-order valence-corrected chi connectivity index (χ2v) is 15.6. The van der Waals surface area contributed by atoms with Crippen molar-refractivity contribution < 1.29 is 33.8 Å². The van der Waals surface area contributed by atoms with Crippen LogP contribution in [0.1, 0.15) is 78.4 Å². The van der Waals surface area contributed by atoms with Crippen LogP contribution in [0, 0.1) is 17.8 Å². The summed E-state index contributed by atoms with van der Waals surface area (Å²) in [5, 5.41) is 19.2. The number of unbranched alkanes of at least 4 members (excludes halogenated alkanes) is 2. The molecule has 0 aliphatic carbocycles. The molecule has 0 heterocycles. The van der Waals surface area contributed by atoms with E-state index in [0.717, 1.165) is 34.4 Å². The number of ether oxygens (including phenoxy) is 1. The van der Waals surface area contributed by atoms with Crippen molar-refractivity contribution in [3.63, 3.8) is 0 Å². The van der Waals surface area contributed by atoms with Gasteiger partial charge in [0.15, 0.2) is 0 Å². The Labute approximate surface area is 343 Å². The van der Waals surface area contributed by atoms with E-state index in [2.05, 4.69) is 16.0 Å². The molecule has 0 radical (unpaired) electrons. The lowest BCUT2D eigenvalue weighted by Gasteiger charge is -2.42. The van der Waals surface area contributed by atoms with Crippen molar-refractivity contribution in [1.29, 1.82) is 0 Å². The molecule has 13 heteroatoms. The third kappa shape index (κ3) is 13.2. The Morgan fingerprint density at radius 2 is 1.43 bits per heavy atom. The molecule has 3 aromatic rings. The fourth-order valence-corrected chi connectivity index (χ4v) is 6.83. The summed E-state index contributed by atoms with van der Waals surface area (Å²) < 4.78 is 5.27. The summed E-state index contributed by atoms with van der Waals surface area (Å²) in [5.41, 5.74) is 14.4. The number of imide groups is 1. The van der Waals surface area contributed by atoms with Gasteiger partial charge in [-0.2, -0.15) is 0 Å². The minimum atomic E-state index is -2.04. The van der Waals surface area contributed by atoms with Gasteiger partial charge >= 0.3 is 6.09 Å². The quantitative estimate of drug-likeness (QED) is 0.0779. The van der Waals surface area contributed by atoms with Crippen molar-refractivity contribution in [3.05, 3.63) is 96.1 Å². The predicted octanol–water partition coefficient (Wildman–Crippen LogP) is 4.69. The molecule has 316 valence electrons. The summed E-state index contributed by atoms with van der Waals surface area (Å²) in [6, 6.07) is 23.2. The largest absolute Gasteiger partial charge is 0.445 e. The van der Waals surface area contributed by atoms with E-state index >= 15 is 4.79 Å². The third-order valence-corrected chi connectivity index (χ3v) is 10.4. The fraction of sp³-hybridized carbons (Fsp3) is 0.489. The Hall–Kier alpha value is -5.11. The number of carbonyl (C=O) groups is 5. The number of nitrogens with one attached hydrogen (secondary N) is 3. The second-order valence-electron chi connectivity index (χ2n) is 15.6. The summed E-state index contributed by atoms with van der Waals surface area (Å²) in [7, 11) is 0. The molecule has 0 saturated carbocycles. The first-order valence-electron chi connectivity index (χ1n) is 20.3. The fourth-order valence-electron chi connectivity index (χ4n) is 6.83. The van der Waals surface area contributed by atoms with Crippen molar-refractivity contribution in [3.8, 4) is 11.1 Å². The van der Waals surface area contributed by atoms with Crippen LogP contribution in [0.4, 0.5) is 4.79 Å². The SMILES string of the molecule is CCCCCC(=O)N(C(=O)[C@@](N)(Cc1ccccc1-c1ccccc1)C(CO)CNC(=O)[C@H](C)NC(=O)OCc1ccccc1)[C@H](C(=O)NC(CN)C(C)C)C(C)C. The molecule has 0 aliphatic heterocycles. The van der Waals surface area contributed by atoms with Crippen LogP contribution in [0.15, 0.2) is 84.9 Å². The van der Waals surface area contributed by atoms with Gasteiger partial charge in [-0.15, -0.1) is 0 Å². The molecule has 0 aliphatic rings. The van der Waals surface area contributed by atoms with Crippen LogP contribution in [-0.4, -0.2) is 83.1 Å². The number of benzene rings is 3. The Balaban J connectivity index is 2.07. The molecule has 0 spiro atoms. The molecule has 3 rings (SSSR count). The third-order valence-electron chi connectivity index (χ3n) is 10.4. The number of nitrogens with zero attached hydrogens (tertiary/aromatic N) is 1. The molecule has 5 amide bonds. The Bertz CT molecular complexity index is 1770. The van der Waals surface area contributed by atoms with Gasteiger partial charge in [-0.1, -0.05) is 132 Å². The number of rotatable bonds is 22. The van der Waals surface area contributed by atoms with Crippen molar-refractivity contribution in [2.75, 3.05) is 19.7 Å². The van der Waals surface area contributed by atoms with E-state index in [-0.39, 0.29) is 38.5 Å². The first-order chi connectivity index (χ1) is 27.7. The molecule has 8 N–H and O–H groups in total. The van der Waals surface area contributed by atoms with Gasteiger partial charge < -0.3 is 37.3 Å². The topological polar surface area (TPSA) is 206 Å². The Kier molecular flexibility index (Phi) is 19.0. The van der Waals surface area contributed by atoms with Crippen LogP contribution < -0.4 is 27.4 Å². The molecule has 2 unspecified atom stereocenters. The molecular formula is C45H64N6O7. The average Bonchev–Trinajstić information content (AvgIpc) is 3.21. The molecule has 5 atom stereocenters. The molecule has 0 aromatic heterocycles. The maximum atomic E-state index is 15.4. The van der Waals surface area contributed by atoms with E-state index < -0.39 is 71.8 Å². The number of alkyl carbamates (subject to hydrolysis) is 1. The molecule has 0 bridgehead atoms. The number of amides is 5. The number of hydrogen-bond donors (Lipinski definition) is 6. The van der Waals surface area contributed by atoms with Gasteiger partial charge in [0.25, 0.3) is 5.91 Å². The van der Waals surface area contributed by atoms with Gasteiger partial charge in [0, 0.05) is 44.5 Å². The number of aliphatic hydroxyl groups is 1. The first-order valence-corrected chi connectivity index (χ1v) is 20.3. The van der Waals surface area contributed by atoms with E-state index in [0.29, 0.717) is 12.0 Å². The molecule has 0 saturated heterocycles. The molecule has 13 nitrogen and oxygen atoms in total. The summed E-state index contributed by atoms with van der Waals surface area (Å²) in [6.07, 6.45) is 1.04. The van der Waals surface area contributed by atoms with Crippen LogP contribution >= 0.6 is 0 Å². The van der Waals surface area contributed by atoms with Gasteiger partial charge in [0.05, 0.1) is 0 Å². The highest BCUT2D eigenvalue weighted by Crippen LogP contribution is 2.32. The average molecular weight is 801 g/mol. The normalized spacial score (nSPS) is 14.4. The van der Waals surface area contributed by atoms with Crippen LogP contribution in [0.5, 0.6) is 0 Å². The number of aliphatic hydroxyl groups excluding tert-OH is 1. The van der Waals surface area contributed by atoms with Gasteiger partial charge in [0.2, 0.25) is 17.7 Å². The standard InChI is InChI=1S/C45H64N6O7/c1-7-8-11-24-39(53)51(40(31(4)5)42(55)50-38(26-46)30(2)3)43(56)45(47,25-35-22-16-17-23-37(35)34-20-14-10-15-21-34)36(28-52)27-48-41(54)32(6)49-44(57)58-29-33-18-12-9-13-19-33/h9-10,12-23,30-32,36,38,40,52H,7-8,11,24-29,46-47H2,1-6H3,(H,48,54)(H,49,57)(H,50,55)/t32-,36?,38?,40-,45+/m0/s1. The van der Waals surface area contributed by atoms with E-state index in [1.54, 1.807) is 26.0 Å². The molecule has 0 fully saturated rings. The van der Waals surface area contributed by atoms with E-state index in [9.17, 15) is 24.3 Å². The van der Waals surface area contributed by atoms with E-state index in [1.165, 1.54) is 6.92 Å². The number of hydrogen-bond acceptors (Lipinski definition) is 9. The summed E-state index contributed by atoms with van der Waals surface area (Å²) >= 11 is 0. The lowest BCUT2D eigenvalue weighted by atomic mass is 9.76. The highest BCUT2D eigenvalue weighted by Gasteiger charge is 2.50. The van der Waals surface area contributed by atoms with Crippen molar-refractivity contribution in [2.24, 2.45) is 29.2 Å². The van der Waals surface area contributed by atoms with Crippen LogP contribution in [0.3, 0.4) is 0 Å². The maximum absolute atomic E-state index is 15.4. The summed E-state index contributed by atoms with van der Waals surface area (Å²) in [5.74, 6) is -4.33. The van der Waals surface area contributed by atoms with Crippen molar-refractivity contribution >= 4 is 29.7 Å². The van der Waals surface area contributed by atoms with Crippen molar-refractivity contribution in [1.82, 2.24) is 20.9 Å². The molecular weight excluding hydrogens is 737 g/mol. The van der Waals surface area contributed by atoms with Crippen LogP contribution in [0.25, 0.3) is 11.1 Å². The minimum Gasteiger partial charge on any atom is -0.445 e. The smallest absolute Gasteiger partial charge is 0.408 e. The monoisotopic (exact) mass is 800 g/mol. The number of carbonyl (C=O) groups excluding carboxylic acids is 5. The van der Waals surface area contributed by atoms with Gasteiger partial charge in [-0.3, -0.25) is 24.1 Å². The highest BCUT2D eigenvalue weighted by molar-refractivity contribution is 6.04. The first kappa shape index (κ1) is 47.3. The van der Waals surface area contributed by atoms with Crippen molar-refractivity contribution in [2.45, 2.75) is 104 Å². The lowest BCUT2D eigenvalue weighted by Crippen LogP contribution is -2.68. The van der Waals surface area contributed by atoms with Crippen LogP contribution in [-0.2, 0) is 36.9 Å². The maximum Gasteiger partial charge on any atom is 0.408 e. The second kappa shape index (κ2) is 23.3.